The molecule has 1 rings (SSSR count). The number of aliphatic hydroxyl groups is 1. The van der Waals surface area contributed by atoms with E-state index in [4.69, 9.17) is 10.4 Å². The Balaban J connectivity index is 2.68. The molecule has 62 valence electrons. The van der Waals surface area contributed by atoms with Crippen molar-refractivity contribution < 1.29 is 5.11 Å². The van der Waals surface area contributed by atoms with Crippen LogP contribution in [0.2, 0.25) is 0 Å². The lowest BCUT2D eigenvalue weighted by Crippen LogP contribution is -2.05. The molecule has 0 fully saturated rings. The van der Waals surface area contributed by atoms with Crippen molar-refractivity contribution in [2.75, 3.05) is 18.5 Å². The summed E-state index contributed by atoms with van der Waals surface area (Å²) >= 11 is 0. The predicted molar refractivity (Wildman–Crippen MR) is 46.7 cm³/mol. The Morgan fingerprint density at radius 2 is 2.33 bits per heavy atom. The minimum absolute atomic E-state index is 0.0940. The summed E-state index contributed by atoms with van der Waals surface area (Å²) in [6.07, 6.45) is 0. The van der Waals surface area contributed by atoms with Gasteiger partial charge in [-0.1, -0.05) is 6.07 Å². The molecule has 0 unspecified atom stereocenters. The molecule has 0 bridgehead atoms. The van der Waals surface area contributed by atoms with Gasteiger partial charge in [-0.3, -0.25) is 0 Å². The van der Waals surface area contributed by atoms with Gasteiger partial charge >= 0.3 is 0 Å². The smallest absolute Gasteiger partial charge is 0.0992 e. The third-order valence-corrected chi connectivity index (χ3v) is 1.43. The lowest BCUT2D eigenvalue weighted by molar-refractivity contribution is 0.311. The number of hydrogen-bond acceptors (Lipinski definition) is 3. The van der Waals surface area contributed by atoms with Crippen molar-refractivity contribution in [3.8, 4) is 6.07 Å². The highest BCUT2D eigenvalue weighted by Crippen LogP contribution is 2.08. The Kier molecular flexibility index (Phi) is 3.12. The topological polar surface area (TPSA) is 56.0 Å². The lowest BCUT2D eigenvalue weighted by atomic mass is 10.2. The Bertz CT molecular complexity index is 291. The average molecular weight is 162 g/mol. The average Bonchev–Trinajstić information content (AvgIpc) is 2.15. The number of anilines is 1. The molecule has 0 atom stereocenters. The Morgan fingerprint density at radius 1 is 1.50 bits per heavy atom. The van der Waals surface area contributed by atoms with Crippen molar-refractivity contribution in [3.05, 3.63) is 29.8 Å². The summed E-state index contributed by atoms with van der Waals surface area (Å²) in [6, 6.07) is 9.19. The second-order valence-electron chi connectivity index (χ2n) is 2.34. The van der Waals surface area contributed by atoms with Gasteiger partial charge in [-0.2, -0.15) is 5.26 Å². The second-order valence-corrected chi connectivity index (χ2v) is 2.34. The zero-order valence-electron chi connectivity index (χ0n) is 6.62. The summed E-state index contributed by atoms with van der Waals surface area (Å²) < 4.78 is 0. The van der Waals surface area contributed by atoms with Crippen molar-refractivity contribution in [1.82, 2.24) is 0 Å². The highest BCUT2D eigenvalue weighted by atomic mass is 16.3. The molecule has 0 amide bonds. The minimum atomic E-state index is 0.0940. The van der Waals surface area contributed by atoms with Crippen molar-refractivity contribution in [2.24, 2.45) is 0 Å². The lowest BCUT2D eigenvalue weighted by Gasteiger charge is -2.02. The van der Waals surface area contributed by atoms with E-state index in [1.54, 1.807) is 18.2 Å². The third-order valence-electron chi connectivity index (χ3n) is 1.43. The summed E-state index contributed by atoms with van der Waals surface area (Å²) in [5.74, 6) is 0. The van der Waals surface area contributed by atoms with Crippen LogP contribution in [0.25, 0.3) is 0 Å². The SMILES string of the molecule is N#Cc1cccc(NCCO)c1. The van der Waals surface area contributed by atoms with Crippen LogP contribution in [0.4, 0.5) is 5.69 Å². The first-order chi connectivity index (χ1) is 5.86. The van der Waals surface area contributed by atoms with Gasteiger partial charge in [-0.25, -0.2) is 0 Å². The molecule has 0 heterocycles. The molecule has 1 aromatic carbocycles. The van der Waals surface area contributed by atoms with Gasteiger partial charge < -0.3 is 10.4 Å². The molecule has 3 nitrogen and oxygen atoms in total. The van der Waals surface area contributed by atoms with E-state index in [0.29, 0.717) is 12.1 Å². The molecule has 2 N–H and O–H groups in total. The molecular formula is C9H10N2O. The normalized spacial score (nSPS) is 9.00. The molecule has 0 saturated carbocycles. The molecule has 0 saturated heterocycles. The van der Waals surface area contributed by atoms with Crippen LogP contribution in [0, 0.1) is 11.3 Å². The molecule has 0 aromatic heterocycles. The highest BCUT2D eigenvalue weighted by Gasteiger charge is 1.92. The predicted octanol–water partition coefficient (Wildman–Crippen LogP) is 0.962. The maximum absolute atomic E-state index is 8.56. The first-order valence-electron chi connectivity index (χ1n) is 3.71. The summed E-state index contributed by atoms with van der Waals surface area (Å²) in [7, 11) is 0. The second kappa shape index (κ2) is 4.37. The van der Waals surface area contributed by atoms with E-state index in [1.165, 1.54) is 0 Å². The van der Waals surface area contributed by atoms with Gasteiger partial charge in [0.1, 0.15) is 0 Å². The number of nitrogens with one attached hydrogen (secondary N) is 1. The molecule has 0 radical (unpaired) electrons. The van der Waals surface area contributed by atoms with Gasteiger partial charge in [0.2, 0.25) is 0 Å². The summed E-state index contributed by atoms with van der Waals surface area (Å²) in [5, 5.41) is 20.1. The Labute approximate surface area is 71.3 Å². The molecule has 0 aliphatic heterocycles. The van der Waals surface area contributed by atoms with E-state index >= 15 is 0 Å². The van der Waals surface area contributed by atoms with Crippen LogP contribution in [-0.4, -0.2) is 18.3 Å². The molecule has 3 heteroatoms. The Morgan fingerprint density at radius 3 is 3.00 bits per heavy atom. The third kappa shape index (κ3) is 2.26. The van der Waals surface area contributed by atoms with Gasteiger partial charge in [0.15, 0.2) is 0 Å². The molecule has 0 aliphatic carbocycles. The number of aliphatic hydroxyl groups excluding tert-OH is 1. The minimum Gasteiger partial charge on any atom is -0.395 e. The summed E-state index contributed by atoms with van der Waals surface area (Å²) in [4.78, 5) is 0. The van der Waals surface area contributed by atoms with Gasteiger partial charge in [0, 0.05) is 12.2 Å². The molecule has 0 aliphatic rings. The zero-order valence-corrected chi connectivity index (χ0v) is 6.62. The van der Waals surface area contributed by atoms with Crippen LogP contribution < -0.4 is 5.32 Å². The maximum atomic E-state index is 8.56. The van der Waals surface area contributed by atoms with E-state index < -0.39 is 0 Å². The van der Waals surface area contributed by atoms with Crippen molar-refractivity contribution in [3.63, 3.8) is 0 Å². The first kappa shape index (κ1) is 8.57. The molecule has 0 spiro atoms. The number of rotatable bonds is 3. The van der Waals surface area contributed by atoms with Crippen LogP contribution in [0.1, 0.15) is 5.56 Å². The molecule has 1 aromatic rings. The monoisotopic (exact) mass is 162 g/mol. The van der Waals surface area contributed by atoms with Crippen LogP contribution in [0.15, 0.2) is 24.3 Å². The molecule has 12 heavy (non-hydrogen) atoms. The maximum Gasteiger partial charge on any atom is 0.0992 e. The van der Waals surface area contributed by atoms with E-state index in [-0.39, 0.29) is 6.61 Å². The summed E-state index contributed by atoms with van der Waals surface area (Å²) in [5.41, 5.74) is 1.49. The number of nitriles is 1. The van der Waals surface area contributed by atoms with Crippen molar-refractivity contribution >= 4 is 5.69 Å². The van der Waals surface area contributed by atoms with Gasteiger partial charge in [-0.15, -0.1) is 0 Å². The number of hydrogen-bond donors (Lipinski definition) is 2. The highest BCUT2D eigenvalue weighted by molar-refractivity contribution is 5.48. The quantitative estimate of drug-likeness (QED) is 0.696. The Hall–Kier alpha value is -1.53. The number of benzene rings is 1. The zero-order chi connectivity index (χ0) is 8.81. The van der Waals surface area contributed by atoms with E-state index in [1.807, 2.05) is 12.1 Å². The fourth-order valence-corrected chi connectivity index (χ4v) is 0.899. The van der Waals surface area contributed by atoms with Crippen molar-refractivity contribution in [1.29, 1.82) is 5.26 Å². The first-order valence-corrected chi connectivity index (χ1v) is 3.71. The van der Waals surface area contributed by atoms with Gasteiger partial charge in [0.05, 0.1) is 18.2 Å². The van der Waals surface area contributed by atoms with E-state index in [9.17, 15) is 0 Å². The van der Waals surface area contributed by atoms with Crippen LogP contribution in [0.3, 0.4) is 0 Å². The van der Waals surface area contributed by atoms with Gasteiger partial charge in [-0.05, 0) is 18.2 Å². The van der Waals surface area contributed by atoms with Crippen molar-refractivity contribution in [2.45, 2.75) is 0 Å². The van der Waals surface area contributed by atoms with Gasteiger partial charge in [0.25, 0.3) is 0 Å². The fourth-order valence-electron chi connectivity index (χ4n) is 0.899. The fraction of sp³-hybridized carbons (Fsp3) is 0.222. The summed E-state index contributed by atoms with van der Waals surface area (Å²) in [6.45, 7) is 0.603. The standard InChI is InChI=1S/C9H10N2O/c10-7-8-2-1-3-9(6-8)11-4-5-12/h1-3,6,11-12H,4-5H2. The van der Waals surface area contributed by atoms with Crippen LogP contribution >= 0.6 is 0 Å². The van der Waals surface area contributed by atoms with E-state index in [0.717, 1.165) is 5.69 Å². The largest absolute Gasteiger partial charge is 0.395 e. The van der Waals surface area contributed by atoms with Crippen LogP contribution in [-0.2, 0) is 0 Å². The number of nitrogens with zero attached hydrogens (tertiary/aromatic N) is 1. The van der Waals surface area contributed by atoms with E-state index in [2.05, 4.69) is 5.32 Å². The molecular weight excluding hydrogens is 152 g/mol. The van der Waals surface area contributed by atoms with Crippen LogP contribution in [0.5, 0.6) is 0 Å².